The van der Waals surface area contributed by atoms with Gasteiger partial charge in [-0.05, 0) is 32.1 Å². The first-order valence-corrected chi connectivity index (χ1v) is 43.9. The van der Waals surface area contributed by atoms with E-state index in [-0.39, 0.29) is 43.0 Å². The van der Waals surface area contributed by atoms with Crippen molar-refractivity contribution in [3.05, 3.63) is 0 Å². The molecule has 0 aliphatic carbocycles. The van der Waals surface area contributed by atoms with Crippen LogP contribution < -0.4 is 16.0 Å². The molecule has 0 unspecified atom stereocenters. The van der Waals surface area contributed by atoms with Crippen LogP contribution in [0, 0.1) is 0 Å². The Morgan fingerprint density at radius 3 is 0.643 bits per heavy atom. The van der Waals surface area contributed by atoms with Crippen LogP contribution in [0.15, 0.2) is 0 Å². The molecule has 584 valence electrons. The maximum Gasteiger partial charge on any atom is 0.501 e. The maximum atomic E-state index is 13.8. The summed E-state index contributed by atoms with van der Waals surface area (Å²) in [6.45, 7) is 4.97. The van der Waals surface area contributed by atoms with Gasteiger partial charge in [0.25, 0.3) is 0 Å². The number of aliphatic hydroxyl groups is 6. The summed E-state index contributed by atoms with van der Waals surface area (Å²) in [7, 11) is 0.0233. The van der Waals surface area contributed by atoms with Crippen molar-refractivity contribution in [3.8, 4) is 0 Å². The van der Waals surface area contributed by atoms with E-state index in [1.54, 1.807) is 0 Å². The minimum absolute atomic E-state index is 0.118. The monoisotopic (exact) mass is 1410 g/mol. The fourth-order valence-corrected chi connectivity index (χ4v) is 16.2. The second kappa shape index (κ2) is 67.1. The summed E-state index contributed by atoms with van der Waals surface area (Å²) in [5, 5.41) is 75.3. The minimum atomic E-state index is -4.36. The molecule has 0 bridgehead atoms. The number of carbonyl (C=O) groups excluding carboxylic acids is 3. The molecule has 0 radical (unpaired) electrons. The number of amides is 3. The number of carbonyl (C=O) groups is 3. The van der Waals surface area contributed by atoms with Gasteiger partial charge in [0.2, 0.25) is 17.7 Å². The van der Waals surface area contributed by atoms with Crippen LogP contribution >= 0.6 is 0 Å². The van der Waals surface area contributed by atoms with Crippen LogP contribution in [0.4, 0.5) is 0 Å². The Morgan fingerprint density at radius 1 is 0.276 bits per heavy atom. The summed E-state index contributed by atoms with van der Waals surface area (Å²) in [4.78, 5) is 41.3. The quantitative estimate of drug-likeness (QED) is 0.0157. The van der Waals surface area contributed by atoms with Crippen molar-refractivity contribution in [1.82, 2.24) is 16.0 Å². The molecule has 16 nitrogen and oxygen atoms in total. The molecule has 0 aliphatic rings. The van der Waals surface area contributed by atoms with Crippen molar-refractivity contribution in [2.24, 2.45) is 0 Å². The molecule has 0 rings (SSSR count). The summed E-state index contributed by atoms with van der Waals surface area (Å²) >= 11 is 0. The Balaban J connectivity index is 6.54. The number of rotatable bonds is 79. The van der Waals surface area contributed by atoms with Gasteiger partial charge in [-0.1, -0.05) is 336 Å². The molecule has 0 atom stereocenters. The summed E-state index contributed by atoms with van der Waals surface area (Å²) in [5.74, 6) is -1.07. The molecule has 0 aliphatic heterocycles. The van der Waals surface area contributed by atoms with Crippen molar-refractivity contribution >= 4 is 26.5 Å². The van der Waals surface area contributed by atoms with E-state index in [2.05, 4.69) is 57.7 Å². The maximum absolute atomic E-state index is 13.8. The molecule has 17 heteroatoms. The average Bonchev–Trinajstić information content (AvgIpc) is 0.813. The highest BCUT2D eigenvalue weighted by Gasteiger charge is 2.49. The molecule has 0 aromatic heterocycles. The molecule has 0 spiro atoms. The van der Waals surface area contributed by atoms with E-state index in [1.165, 1.54) is 250 Å². The molecule has 0 saturated carbocycles. The largest absolute Gasteiger partial charge is 0.501 e. The van der Waals surface area contributed by atoms with Crippen molar-refractivity contribution < 1.29 is 62.8 Å². The van der Waals surface area contributed by atoms with Crippen LogP contribution in [-0.4, -0.2) is 165 Å². The third kappa shape index (κ3) is 54.8. The average molecular weight is 1420 g/mol. The summed E-state index contributed by atoms with van der Waals surface area (Å²) < 4.78 is 21.3. The highest BCUT2D eigenvalue weighted by atomic mass is 28.4. The first-order chi connectivity index (χ1) is 47.6. The van der Waals surface area contributed by atoms with Crippen molar-refractivity contribution in [2.75, 3.05) is 86.6 Å². The molecule has 0 heterocycles. The normalized spacial score (nSPS) is 12.5. The van der Waals surface area contributed by atoms with Gasteiger partial charge in [-0.15, -0.1) is 0 Å². The topological polar surface area (TPSA) is 236 Å². The van der Waals surface area contributed by atoms with Gasteiger partial charge in [0.05, 0.1) is 86.6 Å². The molecular weight excluding hydrogens is 1250 g/mol. The number of quaternary nitrogens is 1. The number of hydrogen-bond acceptors (Lipinski definition) is 12. The number of hydrogen-bond donors (Lipinski definition) is 9. The fraction of sp³-hybridized carbons (Fsp3) is 0.963. The molecule has 3 amide bonds. The lowest BCUT2D eigenvalue weighted by Gasteiger charge is -2.41. The highest BCUT2D eigenvalue weighted by Crippen LogP contribution is 2.27. The lowest BCUT2D eigenvalue weighted by Crippen LogP contribution is -2.64. The van der Waals surface area contributed by atoms with Gasteiger partial charge < -0.3 is 64.4 Å². The van der Waals surface area contributed by atoms with Crippen molar-refractivity contribution in [2.45, 2.75) is 416 Å². The van der Waals surface area contributed by atoms with Crippen LogP contribution in [0.2, 0.25) is 6.04 Å². The zero-order valence-corrected chi connectivity index (χ0v) is 66.4. The van der Waals surface area contributed by atoms with Gasteiger partial charge in [0.1, 0.15) is 16.6 Å². The molecule has 0 saturated heterocycles. The summed E-state index contributed by atoms with van der Waals surface area (Å²) in [6.07, 6.45) is 64.6. The van der Waals surface area contributed by atoms with Crippen LogP contribution in [0.3, 0.4) is 0 Å². The first-order valence-electron chi connectivity index (χ1n) is 41.9. The molecule has 98 heavy (non-hydrogen) atoms. The second-order valence-electron chi connectivity index (χ2n) is 31.0. The second-order valence-corrected chi connectivity index (χ2v) is 33.8. The van der Waals surface area contributed by atoms with Gasteiger partial charge in [-0.25, -0.2) is 0 Å². The van der Waals surface area contributed by atoms with Gasteiger partial charge in [-0.2, -0.15) is 0 Å². The van der Waals surface area contributed by atoms with Crippen LogP contribution in [-0.2, 0) is 27.7 Å². The Bertz CT molecular complexity index is 1610. The van der Waals surface area contributed by atoms with Gasteiger partial charge in [0, 0.05) is 31.7 Å². The predicted molar refractivity (Wildman–Crippen MR) is 411 cm³/mol. The van der Waals surface area contributed by atoms with Gasteiger partial charge >= 0.3 is 8.80 Å². The lowest BCUT2D eigenvalue weighted by molar-refractivity contribution is -0.890. The van der Waals surface area contributed by atoms with E-state index in [4.69, 9.17) is 13.3 Å². The molecule has 0 aromatic carbocycles. The minimum Gasteiger partial charge on any atom is -0.394 e. The number of unbranched alkanes of at least 4 members (excludes halogenated alkanes) is 49. The molecule has 0 fully saturated rings. The Kier molecular flexibility index (Phi) is 65.9. The van der Waals surface area contributed by atoms with Crippen molar-refractivity contribution in [3.63, 3.8) is 0 Å². The van der Waals surface area contributed by atoms with E-state index in [9.17, 15) is 45.0 Å². The smallest absolute Gasteiger partial charge is 0.394 e. The molecular formula is C81H165N4O12Si+. The zero-order valence-electron chi connectivity index (χ0n) is 65.4. The molecule has 9 N–H and O–H groups in total. The number of aliphatic hydroxyl groups excluding tert-OH is 6. The lowest BCUT2D eigenvalue weighted by atomic mass is 10.0. The van der Waals surface area contributed by atoms with E-state index in [0.29, 0.717) is 36.7 Å². The third-order valence-corrected chi connectivity index (χ3v) is 23.3. The fourth-order valence-electron chi connectivity index (χ4n) is 13.4. The van der Waals surface area contributed by atoms with E-state index < -0.39 is 84.9 Å². The van der Waals surface area contributed by atoms with Crippen LogP contribution in [0.1, 0.15) is 394 Å². The first kappa shape index (κ1) is 96.2. The van der Waals surface area contributed by atoms with Gasteiger partial charge in [0.15, 0.2) is 0 Å². The van der Waals surface area contributed by atoms with E-state index in [1.807, 2.05) is 0 Å². The zero-order chi connectivity index (χ0) is 72.3. The summed E-state index contributed by atoms with van der Waals surface area (Å²) in [6, 6.07) is 0.118. The number of nitrogens with one attached hydrogen (secondary N) is 3. The standard InChI is InChI=1S/C81H164N4O12Si/c1-7-11-15-19-23-27-31-32-33-34-35-36-37-38-39-43-47-51-55-59-64-85(5,6)65-60-66-98(95-73-79(67-86,68-87)82-76(92)61-56-52-48-44-40-28-24-20-16-12-8-2,96-74-80(69-88,70-89)83-77(93)62-57-53-49-45-41-29-25-21-17-13-9-3)97-75-81(71-90,72-91)84-78(94)63-58-54-50-46-42-30-26-22-18-14-10-4/h86-91H,7-75H2,1-6H3,(H2-,82,83,84,92,93,94)/p+1. The van der Waals surface area contributed by atoms with Crippen LogP contribution in [0.25, 0.3) is 0 Å². The predicted octanol–water partition coefficient (Wildman–Crippen LogP) is 17.9. The van der Waals surface area contributed by atoms with Gasteiger partial charge in [-0.3, -0.25) is 14.4 Å². The Labute approximate surface area is 605 Å². The Morgan fingerprint density at radius 2 is 0.449 bits per heavy atom. The Hall–Kier alpha value is -1.77. The molecule has 0 aromatic rings. The summed E-state index contributed by atoms with van der Waals surface area (Å²) in [5.41, 5.74) is -5.07. The van der Waals surface area contributed by atoms with E-state index >= 15 is 0 Å². The third-order valence-electron chi connectivity index (χ3n) is 20.6. The van der Waals surface area contributed by atoms with Crippen molar-refractivity contribution in [1.29, 1.82) is 0 Å². The highest BCUT2D eigenvalue weighted by molar-refractivity contribution is 6.60. The SMILES string of the molecule is CCCCCCCCCCCCCCCCCCCCCC[N+](C)(C)CCC[Si](OCC(CO)(CO)NC(=O)CCCCCCCCCCCCC)(OCC(CO)(CO)NC(=O)CCCCCCCCCCCCC)OCC(CO)(CO)NC(=O)CCCCCCCCCCCCC. The van der Waals surface area contributed by atoms with Crippen LogP contribution in [0.5, 0.6) is 0 Å². The number of nitrogens with zero attached hydrogens (tertiary/aromatic N) is 1. The van der Waals surface area contributed by atoms with E-state index in [0.717, 1.165) is 77.2 Å².